The average molecular weight is 303 g/mol. The number of hydrogen-bond acceptors (Lipinski definition) is 4. The summed E-state index contributed by atoms with van der Waals surface area (Å²) in [6, 6.07) is 12.4. The van der Waals surface area contributed by atoms with Crippen LogP contribution in [-0.2, 0) is 16.3 Å². The number of rotatable bonds is 3. The van der Waals surface area contributed by atoms with Crippen molar-refractivity contribution in [1.29, 1.82) is 0 Å². The van der Waals surface area contributed by atoms with Crippen molar-refractivity contribution >= 4 is 15.5 Å². The van der Waals surface area contributed by atoms with Gasteiger partial charge in [-0.2, -0.15) is 0 Å². The molecule has 110 valence electrons. The highest BCUT2D eigenvalue weighted by Crippen LogP contribution is 2.31. The Labute approximate surface area is 124 Å². The number of hydrogen-bond donors (Lipinski definition) is 1. The van der Waals surface area contributed by atoms with Gasteiger partial charge in [0.2, 0.25) is 0 Å². The monoisotopic (exact) mass is 303 g/mol. The van der Waals surface area contributed by atoms with E-state index >= 15 is 0 Å². The molecule has 1 aliphatic rings. The smallest absolute Gasteiger partial charge is 0.184 e. The quantitative estimate of drug-likeness (QED) is 0.884. The van der Waals surface area contributed by atoms with Crippen LogP contribution in [0, 0.1) is 6.92 Å². The van der Waals surface area contributed by atoms with Crippen LogP contribution in [0.5, 0.6) is 5.75 Å². The largest absolute Gasteiger partial charge is 0.489 e. The van der Waals surface area contributed by atoms with Gasteiger partial charge in [-0.1, -0.05) is 29.8 Å². The minimum absolute atomic E-state index is 0.0606. The minimum atomic E-state index is -3.45. The van der Waals surface area contributed by atoms with Gasteiger partial charge >= 0.3 is 0 Å². The van der Waals surface area contributed by atoms with Crippen LogP contribution < -0.4 is 10.5 Å². The summed E-state index contributed by atoms with van der Waals surface area (Å²) in [4.78, 5) is 0.181. The predicted octanol–water partition coefficient (Wildman–Crippen LogP) is 2.35. The first-order chi connectivity index (χ1) is 9.95. The highest BCUT2D eigenvalue weighted by molar-refractivity contribution is 7.91. The van der Waals surface area contributed by atoms with Crippen molar-refractivity contribution in [2.24, 2.45) is 0 Å². The molecule has 5 heteroatoms. The summed E-state index contributed by atoms with van der Waals surface area (Å²) < 4.78 is 30.7. The molecule has 0 saturated heterocycles. The minimum Gasteiger partial charge on any atom is -0.489 e. The molecule has 3 rings (SSSR count). The third kappa shape index (κ3) is 2.74. The van der Waals surface area contributed by atoms with E-state index in [1.807, 2.05) is 25.1 Å². The molecule has 21 heavy (non-hydrogen) atoms. The fraction of sp³-hybridized carbons (Fsp3) is 0.250. The second-order valence-electron chi connectivity index (χ2n) is 5.37. The third-order valence-electron chi connectivity index (χ3n) is 3.62. The van der Waals surface area contributed by atoms with Gasteiger partial charge in [0.05, 0.1) is 16.3 Å². The zero-order valence-corrected chi connectivity index (χ0v) is 12.6. The van der Waals surface area contributed by atoms with Crippen molar-refractivity contribution in [3.63, 3.8) is 0 Å². The molecule has 0 saturated carbocycles. The van der Waals surface area contributed by atoms with E-state index in [4.69, 9.17) is 10.5 Å². The molecule has 1 aliphatic heterocycles. The molecule has 2 aromatic rings. The molecule has 0 aromatic heterocycles. The zero-order valence-electron chi connectivity index (χ0n) is 11.7. The van der Waals surface area contributed by atoms with Crippen LogP contribution in [-0.4, -0.2) is 20.3 Å². The number of ether oxygens (including phenoxy) is 1. The number of para-hydroxylation sites is 1. The molecule has 1 atom stereocenters. The van der Waals surface area contributed by atoms with Crippen molar-refractivity contribution in [3.8, 4) is 5.75 Å². The maximum absolute atomic E-state index is 12.5. The molecular weight excluding hydrogens is 286 g/mol. The van der Waals surface area contributed by atoms with Gasteiger partial charge in [-0.05, 0) is 30.7 Å². The number of nitrogens with two attached hydrogens (primary N) is 1. The van der Waals surface area contributed by atoms with Crippen LogP contribution in [0.25, 0.3) is 0 Å². The van der Waals surface area contributed by atoms with Crippen LogP contribution in [0.3, 0.4) is 0 Å². The van der Waals surface area contributed by atoms with E-state index in [2.05, 4.69) is 0 Å². The summed E-state index contributed by atoms with van der Waals surface area (Å²) in [5.41, 5.74) is 8.26. The lowest BCUT2D eigenvalue weighted by atomic mass is 10.1. The first-order valence-corrected chi connectivity index (χ1v) is 8.44. The van der Waals surface area contributed by atoms with Crippen LogP contribution in [0.1, 0.15) is 11.1 Å². The Bertz CT molecular complexity index is 784. The van der Waals surface area contributed by atoms with Gasteiger partial charge < -0.3 is 10.5 Å². The number of sulfone groups is 1. The molecule has 1 unspecified atom stereocenters. The lowest BCUT2D eigenvalue weighted by Crippen LogP contribution is -2.25. The zero-order chi connectivity index (χ0) is 15.0. The van der Waals surface area contributed by atoms with Gasteiger partial charge in [-0.25, -0.2) is 8.42 Å². The van der Waals surface area contributed by atoms with E-state index in [9.17, 15) is 8.42 Å². The van der Waals surface area contributed by atoms with Crippen LogP contribution in [0.4, 0.5) is 5.69 Å². The summed E-state index contributed by atoms with van der Waals surface area (Å²) in [5, 5.41) is 0. The SMILES string of the molecule is Cc1ccc2c(c1)CC(CS(=O)(=O)c1ccccc1N)O2. The number of fused-ring (bicyclic) bond motifs is 1. The van der Waals surface area contributed by atoms with E-state index in [1.165, 1.54) is 6.07 Å². The Balaban J connectivity index is 1.81. The van der Waals surface area contributed by atoms with Crippen LogP contribution in [0.2, 0.25) is 0 Å². The Morgan fingerprint density at radius 1 is 1.24 bits per heavy atom. The molecule has 1 heterocycles. The maximum Gasteiger partial charge on any atom is 0.184 e. The summed E-state index contributed by atoms with van der Waals surface area (Å²) in [6.07, 6.45) is 0.259. The molecule has 0 aliphatic carbocycles. The number of nitrogen functional groups attached to an aromatic ring is 1. The van der Waals surface area contributed by atoms with E-state index in [1.54, 1.807) is 18.2 Å². The molecule has 2 aromatic carbocycles. The Hall–Kier alpha value is -2.01. The molecule has 0 fully saturated rings. The summed E-state index contributed by atoms with van der Waals surface area (Å²) in [7, 11) is -3.45. The molecule has 0 spiro atoms. The number of benzene rings is 2. The molecule has 0 radical (unpaired) electrons. The van der Waals surface area contributed by atoms with Crippen molar-refractivity contribution in [2.45, 2.75) is 24.3 Å². The van der Waals surface area contributed by atoms with Gasteiger partial charge in [0.15, 0.2) is 9.84 Å². The predicted molar refractivity (Wildman–Crippen MR) is 82.2 cm³/mol. The first-order valence-electron chi connectivity index (χ1n) is 6.79. The molecule has 0 amide bonds. The summed E-state index contributed by atoms with van der Waals surface area (Å²) >= 11 is 0. The van der Waals surface area contributed by atoms with Crippen molar-refractivity contribution < 1.29 is 13.2 Å². The fourth-order valence-electron chi connectivity index (χ4n) is 2.64. The topological polar surface area (TPSA) is 69.4 Å². The molecular formula is C16H17NO3S. The van der Waals surface area contributed by atoms with E-state index < -0.39 is 9.84 Å². The van der Waals surface area contributed by atoms with Crippen molar-refractivity contribution in [2.75, 3.05) is 11.5 Å². The maximum atomic E-state index is 12.5. The molecule has 2 N–H and O–H groups in total. The summed E-state index contributed by atoms with van der Waals surface area (Å²) in [6.45, 7) is 2.01. The highest BCUT2D eigenvalue weighted by atomic mass is 32.2. The number of aryl methyl sites for hydroxylation is 1. The third-order valence-corrected chi connectivity index (χ3v) is 5.47. The Morgan fingerprint density at radius 3 is 2.76 bits per heavy atom. The van der Waals surface area contributed by atoms with Gasteiger partial charge in [-0.15, -0.1) is 0 Å². The highest BCUT2D eigenvalue weighted by Gasteiger charge is 2.29. The van der Waals surface area contributed by atoms with Gasteiger partial charge in [-0.3, -0.25) is 0 Å². The lowest BCUT2D eigenvalue weighted by Gasteiger charge is -2.12. The van der Waals surface area contributed by atoms with Gasteiger partial charge in [0, 0.05) is 6.42 Å². The average Bonchev–Trinajstić information content (AvgIpc) is 2.79. The normalized spacial score (nSPS) is 17.3. The van der Waals surface area contributed by atoms with Crippen LogP contribution in [0.15, 0.2) is 47.4 Å². The molecule has 0 bridgehead atoms. The van der Waals surface area contributed by atoms with Gasteiger partial charge in [0.1, 0.15) is 11.9 Å². The van der Waals surface area contributed by atoms with Crippen LogP contribution >= 0.6 is 0 Å². The van der Waals surface area contributed by atoms with Gasteiger partial charge in [0.25, 0.3) is 0 Å². The second-order valence-corrected chi connectivity index (χ2v) is 7.38. The van der Waals surface area contributed by atoms with E-state index in [0.717, 1.165) is 16.9 Å². The van der Waals surface area contributed by atoms with E-state index in [0.29, 0.717) is 6.42 Å². The second kappa shape index (κ2) is 5.07. The van der Waals surface area contributed by atoms with Crippen molar-refractivity contribution in [3.05, 3.63) is 53.6 Å². The Morgan fingerprint density at radius 2 is 2.00 bits per heavy atom. The van der Waals surface area contributed by atoms with Crippen molar-refractivity contribution in [1.82, 2.24) is 0 Å². The molecule has 4 nitrogen and oxygen atoms in total. The number of anilines is 1. The summed E-state index contributed by atoms with van der Waals surface area (Å²) in [5.74, 6) is 0.719. The standard InChI is InChI=1S/C16H17NO3S/c1-11-6-7-15-12(8-11)9-13(20-15)10-21(18,19)16-5-3-2-4-14(16)17/h2-8,13H,9-10,17H2,1H3. The Kier molecular flexibility index (Phi) is 3.37. The fourth-order valence-corrected chi connectivity index (χ4v) is 4.21. The lowest BCUT2D eigenvalue weighted by molar-refractivity contribution is 0.256. The van der Waals surface area contributed by atoms with E-state index in [-0.39, 0.29) is 22.4 Å². The first kappa shape index (κ1) is 13.9.